The van der Waals surface area contributed by atoms with Crippen LogP contribution in [-0.2, 0) is 14.3 Å². The topological polar surface area (TPSA) is 95.9 Å². The van der Waals surface area contributed by atoms with Crippen LogP contribution in [0.3, 0.4) is 0 Å². The lowest BCUT2D eigenvalue weighted by molar-refractivity contribution is -0.146. The lowest BCUT2D eigenvalue weighted by atomic mass is 9.98. The largest absolute Gasteiger partial charge is 0.480 e. The summed E-state index contributed by atoms with van der Waals surface area (Å²) in [5, 5.41) is 12.1. The van der Waals surface area contributed by atoms with Crippen LogP contribution in [0.1, 0.15) is 62.5 Å². The first-order valence-corrected chi connectivity index (χ1v) is 12.1. The smallest absolute Gasteiger partial charge is 0.407 e. The fourth-order valence-corrected chi connectivity index (χ4v) is 5.21. The van der Waals surface area contributed by atoms with Crippen LogP contribution in [0.15, 0.2) is 48.5 Å². The van der Waals surface area contributed by atoms with Crippen molar-refractivity contribution in [1.82, 2.24) is 10.2 Å². The maximum absolute atomic E-state index is 12.9. The van der Waals surface area contributed by atoms with E-state index in [0.29, 0.717) is 6.42 Å². The molecule has 0 bridgehead atoms. The maximum Gasteiger partial charge on any atom is 0.407 e. The minimum Gasteiger partial charge on any atom is -0.480 e. The van der Waals surface area contributed by atoms with Crippen molar-refractivity contribution in [1.29, 1.82) is 0 Å². The maximum atomic E-state index is 12.9. The monoisotopic (exact) mass is 464 g/mol. The fraction of sp³-hybridized carbons (Fsp3) is 0.444. The van der Waals surface area contributed by atoms with E-state index in [4.69, 9.17) is 4.74 Å². The molecule has 2 aromatic rings. The number of carboxylic acid groups (broad SMARTS) is 1. The van der Waals surface area contributed by atoms with E-state index in [1.54, 1.807) is 0 Å². The molecule has 1 unspecified atom stereocenters. The minimum atomic E-state index is -1.02. The second-order valence-corrected chi connectivity index (χ2v) is 9.13. The molecule has 7 nitrogen and oxygen atoms in total. The van der Waals surface area contributed by atoms with Gasteiger partial charge in [0, 0.05) is 24.4 Å². The Bertz CT molecular complexity index is 1000. The molecule has 7 heteroatoms. The summed E-state index contributed by atoms with van der Waals surface area (Å²) in [6, 6.07) is 15.8. The van der Waals surface area contributed by atoms with Gasteiger partial charge in [-0.05, 0) is 41.5 Å². The molecule has 1 fully saturated rings. The molecule has 2 amide bonds. The first-order valence-electron chi connectivity index (χ1n) is 12.1. The third-order valence-corrected chi connectivity index (χ3v) is 6.97. The summed E-state index contributed by atoms with van der Waals surface area (Å²) >= 11 is 0. The number of rotatable bonds is 9. The van der Waals surface area contributed by atoms with Crippen molar-refractivity contribution in [3.05, 3.63) is 59.7 Å². The molecule has 0 aromatic heterocycles. The van der Waals surface area contributed by atoms with Gasteiger partial charge >= 0.3 is 12.1 Å². The molecule has 0 aliphatic heterocycles. The average molecular weight is 465 g/mol. The Labute approximate surface area is 200 Å². The van der Waals surface area contributed by atoms with E-state index in [0.717, 1.165) is 47.9 Å². The van der Waals surface area contributed by atoms with Crippen LogP contribution < -0.4 is 5.32 Å². The van der Waals surface area contributed by atoms with Crippen molar-refractivity contribution in [2.75, 3.05) is 13.2 Å². The van der Waals surface area contributed by atoms with E-state index in [1.165, 1.54) is 4.90 Å². The highest BCUT2D eigenvalue weighted by Crippen LogP contribution is 2.44. The van der Waals surface area contributed by atoms with E-state index in [-0.39, 0.29) is 37.4 Å². The summed E-state index contributed by atoms with van der Waals surface area (Å²) in [5.74, 6) is -1.29. The molecular weight excluding hydrogens is 432 g/mol. The van der Waals surface area contributed by atoms with Gasteiger partial charge in [0.1, 0.15) is 13.2 Å². The Morgan fingerprint density at radius 1 is 1.03 bits per heavy atom. The summed E-state index contributed by atoms with van der Waals surface area (Å²) in [6.45, 7) is 1.79. The Kier molecular flexibility index (Phi) is 7.50. The molecule has 1 atom stereocenters. The number of carbonyl (C=O) groups excluding carboxylic acids is 2. The van der Waals surface area contributed by atoms with Gasteiger partial charge in [0.25, 0.3) is 0 Å². The quantitative estimate of drug-likeness (QED) is 0.568. The summed E-state index contributed by atoms with van der Waals surface area (Å²) in [7, 11) is 0. The number of amides is 2. The second kappa shape index (κ2) is 10.7. The lowest BCUT2D eigenvalue weighted by Crippen LogP contribution is -2.46. The Hall–Kier alpha value is -3.35. The standard InChI is InChI=1S/C27H32N2O5/c1-2-18(15-25(30)29(16-26(31)32)19-9-3-4-10-19)28-27(33)34-17-24-22-13-7-5-11-20(22)21-12-6-8-14-23(21)24/h5-8,11-14,18-19,24H,2-4,9-10,15-17H2,1H3,(H,28,33)(H,31,32). The average Bonchev–Trinajstić information content (AvgIpc) is 3.47. The van der Waals surface area contributed by atoms with E-state index < -0.39 is 18.1 Å². The molecule has 2 aromatic carbocycles. The van der Waals surface area contributed by atoms with Crippen molar-refractivity contribution in [2.24, 2.45) is 0 Å². The zero-order valence-corrected chi connectivity index (χ0v) is 19.5. The summed E-state index contributed by atoms with van der Waals surface area (Å²) in [5.41, 5.74) is 4.60. The van der Waals surface area contributed by atoms with Gasteiger partial charge in [0.05, 0.1) is 0 Å². The highest BCUT2D eigenvalue weighted by molar-refractivity contribution is 5.83. The molecule has 2 N–H and O–H groups in total. The lowest BCUT2D eigenvalue weighted by Gasteiger charge is -2.29. The van der Waals surface area contributed by atoms with Crippen LogP contribution in [0, 0.1) is 0 Å². The van der Waals surface area contributed by atoms with E-state index in [2.05, 4.69) is 29.6 Å². The first-order chi connectivity index (χ1) is 16.5. The van der Waals surface area contributed by atoms with Gasteiger partial charge in [-0.1, -0.05) is 68.3 Å². The van der Waals surface area contributed by atoms with Crippen molar-refractivity contribution in [2.45, 2.75) is 63.5 Å². The van der Waals surface area contributed by atoms with Gasteiger partial charge in [0.15, 0.2) is 0 Å². The Morgan fingerprint density at radius 2 is 1.62 bits per heavy atom. The third kappa shape index (κ3) is 5.24. The predicted molar refractivity (Wildman–Crippen MR) is 129 cm³/mol. The zero-order chi connectivity index (χ0) is 24.1. The number of alkyl carbamates (subject to hydrolysis) is 1. The van der Waals surface area contributed by atoms with Gasteiger partial charge in [-0.3, -0.25) is 9.59 Å². The molecule has 180 valence electrons. The fourth-order valence-electron chi connectivity index (χ4n) is 5.21. The van der Waals surface area contributed by atoms with Crippen LogP contribution in [0.4, 0.5) is 4.79 Å². The molecule has 0 spiro atoms. The number of carbonyl (C=O) groups is 3. The Balaban J connectivity index is 1.35. The number of benzene rings is 2. The number of hydrogen-bond acceptors (Lipinski definition) is 4. The number of aliphatic carboxylic acids is 1. The van der Waals surface area contributed by atoms with Crippen molar-refractivity contribution < 1.29 is 24.2 Å². The van der Waals surface area contributed by atoms with Crippen LogP contribution in [0.25, 0.3) is 11.1 Å². The third-order valence-electron chi connectivity index (χ3n) is 6.97. The van der Waals surface area contributed by atoms with Crippen LogP contribution in [0.2, 0.25) is 0 Å². The predicted octanol–water partition coefficient (Wildman–Crippen LogP) is 4.55. The highest BCUT2D eigenvalue weighted by Gasteiger charge is 2.31. The highest BCUT2D eigenvalue weighted by atomic mass is 16.5. The van der Waals surface area contributed by atoms with E-state index in [9.17, 15) is 19.5 Å². The number of ether oxygens (including phenoxy) is 1. The number of nitrogens with zero attached hydrogens (tertiary/aromatic N) is 1. The van der Waals surface area contributed by atoms with E-state index in [1.807, 2.05) is 31.2 Å². The molecular formula is C27H32N2O5. The van der Waals surface area contributed by atoms with Crippen LogP contribution in [0.5, 0.6) is 0 Å². The van der Waals surface area contributed by atoms with Crippen LogP contribution >= 0.6 is 0 Å². The molecule has 2 aliphatic rings. The summed E-state index contributed by atoms with van der Waals surface area (Å²) in [4.78, 5) is 38.3. The summed E-state index contributed by atoms with van der Waals surface area (Å²) in [6.07, 6.45) is 3.70. The van der Waals surface area contributed by atoms with Gasteiger partial charge in [0.2, 0.25) is 5.91 Å². The second-order valence-electron chi connectivity index (χ2n) is 9.13. The molecule has 4 rings (SSSR count). The number of carboxylic acids is 1. The van der Waals surface area contributed by atoms with Crippen molar-refractivity contribution >= 4 is 18.0 Å². The normalized spacial score (nSPS) is 15.9. The molecule has 2 aliphatic carbocycles. The summed E-state index contributed by atoms with van der Waals surface area (Å²) < 4.78 is 5.61. The van der Waals surface area contributed by atoms with Gasteiger partial charge in [-0.2, -0.15) is 0 Å². The first kappa shape index (κ1) is 23.8. The molecule has 0 radical (unpaired) electrons. The van der Waals surface area contributed by atoms with Gasteiger partial charge < -0.3 is 20.1 Å². The van der Waals surface area contributed by atoms with Crippen LogP contribution in [-0.4, -0.2) is 53.2 Å². The molecule has 34 heavy (non-hydrogen) atoms. The molecule has 0 heterocycles. The zero-order valence-electron chi connectivity index (χ0n) is 19.5. The number of nitrogens with one attached hydrogen (secondary N) is 1. The molecule has 0 saturated heterocycles. The number of hydrogen-bond donors (Lipinski definition) is 2. The van der Waals surface area contributed by atoms with Gasteiger partial charge in [-0.15, -0.1) is 0 Å². The van der Waals surface area contributed by atoms with E-state index >= 15 is 0 Å². The Morgan fingerprint density at radius 3 is 2.18 bits per heavy atom. The van der Waals surface area contributed by atoms with Gasteiger partial charge in [-0.25, -0.2) is 4.79 Å². The van der Waals surface area contributed by atoms with Crippen molar-refractivity contribution in [3.8, 4) is 11.1 Å². The minimum absolute atomic E-state index is 0.0319. The number of fused-ring (bicyclic) bond motifs is 3. The molecule has 1 saturated carbocycles. The van der Waals surface area contributed by atoms with Crippen molar-refractivity contribution in [3.63, 3.8) is 0 Å². The SMILES string of the molecule is CCC(CC(=O)N(CC(=O)O)C1CCCC1)NC(=O)OCC1c2ccccc2-c2ccccc21.